The summed E-state index contributed by atoms with van der Waals surface area (Å²) in [7, 11) is 1.53. The SMILES string of the molecule is COCOc1ccc(C(=O)NOC(=O)N2CCCCCC2)cc1. The number of benzene rings is 1. The van der Waals surface area contributed by atoms with Gasteiger partial charge in [-0.2, -0.15) is 5.48 Å². The molecule has 1 N–H and O–H groups in total. The first-order valence-electron chi connectivity index (χ1n) is 7.68. The monoisotopic (exact) mass is 322 g/mol. The van der Waals surface area contributed by atoms with Crippen molar-refractivity contribution in [3.63, 3.8) is 0 Å². The third-order valence-electron chi connectivity index (χ3n) is 3.56. The maximum atomic E-state index is 12.0. The second kappa shape index (κ2) is 8.99. The van der Waals surface area contributed by atoms with Gasteiger partial charge < -0.3 is 19.2 Å². The van der Waals surface area contributed by atoms with Crippen LogP contribution in [0.2, 0.25) is 0 Å². The normalized spacial score (nSPS) is 14.7. The molecule has 0 radical (unpaired) electrons. The van der Waals surface area contributed by atoms with Crippen molar-refractivity contribution in [3.05, 3.63) is 29.8 Å². The molecule has 7 heteroatoms. The Morgan fingerprint density at radius 2 is 1.74 bits per heavy atom. The van der Waals surface area contributed by atoms with Gasteiger partial charge in [-0.1, -0.05) is 12.8 Å². The van der Waals surface area contributed by atoms with Crippen LogP contribution in [0.3, 0.4) is 0 Å². The van der Waals surface area contributed by atoms with Gasteiger partial charge >= 0.3 is 6.09 Å². The van der Waals surface area contributed by atoms with E-state index in [-0.39, 0.29) is 6.79 Å². The topological polar surface area (TPSA) is 77.1 Å². The van der Waals surface area contributed by atoms with Crippen LogP contribution in [0.1, 0.15) is 36.0 Å². The first-order valence-corrected chi connectivity index (χ1v) is 7.68. The summed E-state index contributed by atoms with van der Waals surface area (Å²) in [6.07, 6.45) is 3.65. The van der Waals surface area contributed by atoms with Gasteiger partial charge in [0, 0.05) is 25.8 Å². The number of carbonyl (C=O) groups excluding carboxylic acids is 2. The van der Waals surface area contributed by atoms with Crippen LogP contribution in [0, 0.1) is 0 Å². The van der Waals surface area contributed by atoms with Gasteiger partial charge in [0.05, 0.1) is 0 Å². The Labute approximate surface area is 135 Å². The van der Waals surface area contributed by atoms with E-state index < -0.39 is 12.0 Å². The molecule has 0 aromatic heterocycles. The predicted octanol–water partition coefficient (Wildman–Crippen LogP) is 2.33. The first kappa shape index (κ1) is 17.1. The van der Waals surface area contributed by atoms with E-state index >= 15 is 0 Å². The molecule has 1 aliphatic heterocycles. The molecule has 23 heavy (non-hydrogen) atoms. The summed E-state index contributed by atoms with van der Waals surface area (Å²) in [5, 5.41) is 0. The summed E-state index contributed by atoms with van der Waals surface area (Å²) >= 11 is 0. The zero-order valence-electron chi connectivity index (χ0n) is 13.2. The Bertz CT molecular complexity index is 510. The van der Waals surface area contributed by atoms with Crippen LogP contribution >= 0.6 is 0 Å². The number of carbonyl (C=O) groups is 2. The van der Waals surface area contributed by atoms with E-state index in [1.807, 2.05) is 0 Å². The van der Waals surface area contributed by atoms with Gasteiger partial charge in [-0.3, -0.25) is 4.79 Å². The molecule has 1 aliphatic rings. The summed E-state index contributed by atoms with van der Waals surface area (Å²) in [4.78, 5) is 30.4. The van der Waals surface area contributed by atoms with Crippen LogP contribution in [0.4, 0.5) is 4.79 Å². The molecule has 1 saturated heterocycles. The number of hydrogen-bond acceptors (Lipinski definition) is 5. The van der Waals surface area contributed by atoms with Crippen LogP contribution in [0.15, 0.2) is 24.3 Å². The molecule has 126 valence electrons. The van der Waals surface area contributed by atoms with Gasteiger partial charge in [-0.25, -0.2) is 4.79 Å². The Morgan fingerprint density at radius 3 is 2.35 bits per heavy atom. The zero-order valence-corrected chi connectivity index (χ0v) is 13.2. The molecule has 2 amide bonds. The molecule has 1 heterocycles. The lowest BCUT2D eigenvalue weighted by atomic mass is 10.2. The predicted molar refractivity (Wildman–Crippen MR) is 82.9 cm³/mol. The van der Waals surface area contributed by atoms with Gasteiger partial charge in [0.2, 0.25) is 0 Å². The second-order valence-electron chi connectivity index (χ2n) is 5.28. The van der Waals surface area contributed by atoms with Crippen molar-refractivity contribution < 1.29 is 23.9 Å². The number of hydrogen-bond donors (Lipinski definition) is 1. The number of methoxy groups -OCH3 is 1. The molecule has 0 aliphatic carbocycles. The van der Waals surface area contributed by atoms with E-state index in [2.05, 4.69) is 5.48 Å². The number of hydroxylamine groups is 1. The maximum Gasteiger partial charge on any atom is 0.434 e. The second-order valence-corrected chi connectivity index (χ2v) is 5.28. The lowest BCUT2D eigenvalue weighted by Gasteiger charge is -2.19. The molecule has 1 aromatic rings. The number of amides is 2. The fraction of sp³-hybridized carbons (Fsp3) is 0.500. The molecule has 1 fully saturated rings. The molecule has 0 saturated carbocycles. The molecular formula is C16H22N2O5. The fourth-order valence-electron chi connectivity index (χ4n) is 2.30. The molecule has 0 unspecified atom stereocenters. The minimum absolute atomic E-state index is 0.138. The Hall–Kier alpha value is -2.28. The minimum atomic E-state index is -0.514. The lowest BCUT2D eigenvalue weighted by Crippen LogP contribution is -2.37. The van der Waals surface area contributed by atoms with Crippen LogP contribution in [0.25, 0.3) is 0 Å². The van der Waals surface area contributed by atoms with Crippen LogP contribution in [-0.4, -0.2) is 43.9 Å². The quantitative estimate of drug-likeness (QED) is 0.680. The number of ether oxygens (including phenoxy) is 2. The molecule has 7 nitrogen and oxygen atoms in total. The van der Waals surface area contributed by atoms with Crippen molar-refractivity contribution in [2.75, 3.05) is 27.0 Å². The van der Waals surface area contributed by atoms with Crippen molar-refractivity contribution in [3.8, 4) is 5.75 Å². The van der Waals surface area contributed by atoms with E-state index in [9.17, 15) is 9.59 Å². The third kappa shape index (κ3) is 5.45. The van der Waals surface area contributed by atoms with Crippen molar-refractivity contribution in [2.24, 2.45) is 0 Å². The average molecular weight is 322 g/mol. The summed E-state index contributed by atoms with van der Waals surface area (Å²) in [5.41, 5.74) is 2.56. The van der Waals surface area contributed by atoms with Gasteiger partial charge in [0.15, 0.2) is 6.79 Å². The Kier molecular flexibility index (Phi) is 6.68. The number of nitrogens with one attached hydrogen (secondary N) is 1. The standard InChI is InChI=1S/C16H22N2O5/c1-21-12-22-14-8-6-13(7-9-14)15(19)17-23-16(20)18-10-4-2-3-5-11-18/h6-9H,2-5,10-12H2,1H3,(H,17,19). The van der Waals surface area contributed by atoms with E-state index in [1.54, 1.807) is 29.2 Å². The van der Waals surface area contributed by atoms with Crippen LogP contribution in [-0.2, 0) is 9.57 Å². The summed E-state index contributed by atoms with van der Waals surface area (Å²) in [5.74, 6) is 0.108. The summed E-state index contributed by atoms with van der Waals surface area (Å²) in [6, 6.07) is 6.45. The number of rotatable bonds is 4. The average Bonchev–Trinajstić information content (AvgIpc) is 2.87. The van der Waals surface area contributed by atoms with Crippen molar-refractivity contribution in [1.82, 2.24) is 10.4 Å². The molecule has 2 rings (SSSR count). The molecule has 0 bridgehead atoms. The number of likely N-dealkylation sites (tertiary alicyclic amines) is 1. The van der Waals surface area contributed by atoms with E-state index in [4.69, 9.17) is 14.3 Å². The minimum Gasteiger partial charge on any atom is -0.468 e. The smallest absolute Gasteiger partial charge is 0.434 e. The number of nitrogens with zero attached hydrogens (tertiary/aromatic N) is 1. The Morgan fingerprint density at radius 1 is 1.09 bits per heavy atom. The summed E-state index contributed by atoms with van der Waals surface area (Å²) in [6.45, 7) is 1.47. The van der Waals surface area contributed by atoms with Crippen LogP contribution < -0.4 is 10.2 Å². The third-order valence-corrected chi connectivity index (χ3v) is 3.56. The molecular weight excluding hydrogens is 300 g/mol. The van der Waals surface area contributed by atoms with Crippen molar-refractivity contribution >= 4 is 12.0 Å². The van der Waals surface area contributed by atoms with E-state index in [1.165, 1.54) is 7.11 Å². The maximum absolute atomic E-state index is 12.0. The van der Waals surface area contributed by atoms with Gasteiger partial charge in [0.1, 0.15) is 5.75 Å². The first-order chi connectivity index (χ1) is 11.2. The molecule has 0 atom stereocenters. The lowest BCUT2D eigenvalue weighted by molar-refractivity contribution is 0.0424. The van der Waals surface area contributed by atoms with Crippen molar-refractivity contribution in [2.45, 2.75) is 25.7 Å². The highest BCUT2D eigenvalue weighted by atomic mass is 16.7. The molecule has 0 spiro atoms. The van der Waals surface area contributed by atoms with Crippen LogP contribution in [0.5, 0.6) is 5.75 Å². The van der Waals surface area contributed by atoms with E-state index in [0.29, 0.717) is 24.4 Å². The van der Waals surface area contributed by atoms with E-state index in [0.717, 1.165) is 25.7 Å². The fourth-order valence-corrected chi connectivity index (χ4v) is 2.30. The highest BCUT2D eigenvalue weighted by molar-refractivity contribution is 5.94. The van der Waals surface area contributed by atoms with Gasteiger partial charge in [-0.15, -0.1) is 0 Å². The highest BCUT2D eigenvalue weighted by Gasteiger charge is 2.18. The highest BCUT2D eigenvalue weighted by Crippen LogP contribution is 2.13. The largest absolute Gasteiger partial charge is 0.468 e. The van der Waals surface area contributed by atoms with Gasteiger partial charge in [-0.05, 0) is 37.1 Å². The summed E-state index contributed by atoms with van der Waals surface area (Å²) < 4.78 is 10.0. The van der Waals surface area contributed by atoms with Crippen molar-refractivity contribution in [1.29, 1.82) is 0 Å². The molecule has 1 aromatic carbocycles. The Balaban J connectivity index is 1.80. The zero-order chi connectivity index (χ0) is 16.5. The van der Waals surface area contributed by atoms with Gasteiger partial charge in [0.25, 0.3) is 5.91 Å².